The number of rotatable bonds is 2. The molecule has 0 saturated carbocycles. The largest absolute Gasteiger partial charge is 0.320 e. The maximum absolute atomic E-state index is 6.41. The van der Waals surface area contributed by atoms with Gasteiger partial charge in [-0.05, 0) is 41.6 Å². The van der Waals surface area contributed by atoms with Crippen LogP contribution in [-0.2, 0) is 0 Å². The Labute approximate surface area is 110 Å². The highest BCUT2D eigenvalue weighted by molar-refractivity contribution is 7.10. The van der Waals surface area contributed by atoms with Gasteiger partial charge in [-0.2, -0.15) is 0 Å². The lowest BCUT2D eigenvalue weighted by atomic mass is 9.97. The lowest BCUT2D eigenvalue weighted by molar-refractivity contribution is 0.876. The number of hydrogen-bond donors (Lipinski definition) is 1. The molecule has 1 aromatic carbocycles. The quantitative estimate of drug-likeness (QED) is 0.758. The van der Waals surface area contributed by atoms with E-state index in [1.54, 1.807) is 11.3 Å². The van der Waals surface area contributed by atoms with E-state index in [-0.39, 0.29) is 6.04 Å². The Kier molecular flexibility index (Phi) is 2.86. The molecule has 0 fully saturated rings. The van der Waals surface area contributed by atoms with Gasteiger partial charge in [-0.25, -0.2) is 0 Å². The number of aromatic nitrogens is 1. The van der Waals surface area contributed by atoms with Crippen LogP contribution in [0.15, 0.2) is 48.0 Å². The smallest absolute Gasteiger partial charge is 0.0705 e. The molecule has 2 aromatic heterocycles. The van der Waals surface area contributed by atoms with Gasteiger partial charge < -0.3 is 5.73 Å². The molecular formula is C15H14N2S. The molecule has 0 aliphatic heterocycles. The first-order chi connectivity index (χ1) is 8.77. The number of benzene rings is 1. The summed E-state index contributed by atoms with van der Waals surface area (Å²) >= 11 is 1.74. The normalized spacial score (nSPS) is 12.8. The predicted octanol–water partition coefficient (Wildman–Crippen LogP) is 3.65. The number of hydrogen-bond acceptors (Lipinski definition) is 3. The van der Waals surface area contributed by atoms with E-state index >= 15 is 0 Å². The van der Waals surface area contributed by atoms with Gasteiger partial charge >= 0.3 is 0 Å². The van der Waals surface area contributed by atoms with Gasteiger partial charge in [0, 0.05) is 16.5 Å². The van der Waals surface area contributed by atoms with Gasteiger partial charge in [-0.3, -0.25) is 4.98 Å². The number of nitrogens with two attached hydrogens (primary N) is 1. The molecule has 3 aromatic rings. The van der Waals surface area contributed by atoms with Gasteiger partial charge in [0.05, 0.1) is 11.6 Å². The molecule has 0 aliphatic carbocycles. The van der Waals surface area contributed by atoms with Crippen LogP contribution in [-0.4, -0.2) is 4.98 Å². The fourth-order valence-electron chi connectivity index (χ4n) is 2.27. The first-order valence-corrected chi connectivity index (χ1v) is 6.78. The molecule has 1 atom stereocenters. The lowest BCUT2D eigenvalue weighted by Gasteiger charge is -2.14. The van der Waals surface area contributed by atoms with Crippen LogP contribution in [0.4, 0.5) is 0 Å². The SMILES string of the molecule is Cc1sccc1C(N)c1ccnc2ccccc12. The second-order valence-electron chi connectivity index (χ2n) is 4.33. The number of fused-ring (bicyclic) bond motifs is 1. The van der Waals surface area contributed by atoms with Gasteiger partial charge in [0.15, 0.2) is 0 Å². The molecule has 18 heavy (non-hydrogen) atoms. The predicted molar refractivity (Wildman–Crippen MR) is 76.8 cm³/mol. The third-order valence-electron chi connectivity index (χ3n) is 3.25. The maximum Gasteiger partial charge on any atom is 0.0705 e. The fraction of sp³-hybridized carbons (Fsp3) is 0.133. The standard InChI is InChI=1S/C15H14N2S/c1-10-11(7-9-18-10)15(16)13-6-8-17-14-5-3-2-4-12(13)14/h2-9,15H,16H2,1H3. The molecule has 0 bridgehead atoms. The molecule has 2 nitrogen and oxygen atoms in total. The minimum atomic E-state index is -0.0795. The molecule has 3 heteroatoms. The zero-order valence-corrected chi connectivity index (χ0v) is 10.9. The summed E-state index contributed by atoms with van der Waals surface area (Å²) in [6.45, 7) is 2.11. The lowest BCUT2D eigenvalue weighted by Crippen LogP contribution is -2.12. The molecule has 90 valence electrons. The van der Waals surface area contributed by atoms with Crippen molar-refractivity contribution in [1.82, 2.24) is 4.98 Å². The number of thiophene rings is 1. The van der Waals surface area contributed by atoms with Crippen molar-refractivity contribution in [1.29, 1.82) is 0 Å². The molecule has 2 heterocycles. The van der Waals surface area contributed by atoms with E-state index in [0.717, 1.165) is 16.5 Å². The number of para-hydroxylation sites is 1. The summed E-state index contributed by atoms with van der Waals surface area (Å²) in [7, 11) is 0. The van der Waals surface area contributed by atoms with Crippen LogP contribution in [0.5, 0.6) is 0 Å². The summed E-state index contributed by atoms with van der Waals surface area (Å²) in [6.07, 6.45) is 1.83. The minimum Gasteiger partial charge on any atom is -0.320 e. The Morgan fingerprint density at radius 3 is 2.72 bits per heavy atom. The zero-order valence-electron chi connectivity index (χ0n) is 10.1. The number of aryl methyl sites for hydroxylation is 1. The van der Waals surface area contributed by atoms with Gasteiger partial charge in [0.1, 0.15) is 0 Å². The monoisotopic (exact) mass is 254 g/mol. The summed E-state index contributed by atoms with van der Waals surface area (Å²) in [5, 5.41) is 3.23. The Balaban J connectivity index is 2.18. The summed E-state index contributed by atoms with van der Waals surface area (Å²) in [6, 6.07) is 12.2. The van der Waals surface area contributed by atoms with Gasteiger partial charge in [-0.15, -0.1) is 11.3 Å². The van der Waals surface area contributed by atoms with Crippen LogP contribution in [0.3, 0.4) is 0 Å². The van der Waals surface area contributed by atoms with Crippen LogP contribution >= 0.6 is 11.3 Å². The minimum absolute atomic E-state index is 0.0795. The van der Waals surface area contributed by atoms with Crippen molar-refractivity contribution in [2.45, 2.75) is 13.0 Å². The summed E-state index contributed by atoms with van der Waals surface area (Å²) in [5.41, 5.74) is 9.75. The van der Waals surface area contributed by atoms with Crippen molar-refractivity contribution < 1.29 is 0 Å². The van der Waals surface area contributed by atoms with E-state index in [1.165, 1.54) is 10.4 Å². The molecular weight excluding hydrogens is 240 g/mol. The Bertz CT molecular complexity index is 682. The molecule has 0 saturated heterocycles. The molecule has 2 N–H and O–H groups in total. The third kappa shape index (κ3) is 1.82. The van der Waals surface area contributed by atoms with Crippen molar-refractivity contribution in [3.05, 3.63) is 64.0 Å². The highest BCUT2D eigenvalue weighted by Gasteiger charge is 2.14. The molecule has 0 spiro atoms. The van der Waals surface area contributed by atoms with Crippen molar-refractivity contribution in [3.8, 4) is 0 Å². The van der Waals surface area contributed by atoms with Crippen molar-refractivity contribution in [2.75, 3.05) is 0 Å². The van der Waals surface area contributed by atoms with Crippen LogP contribution in [0.25, 0.3) is 10.9 Å². The molecule has 1 unspecified atom stereocenters. The van der Waals surface area contributed by atoms with Crippen molar-refractivity contribution in [3.63, 3.8) is 0 Å². The second-order valence-corrected chi connectivity index (χ2v) is 5.45. The van der Waals surface area contributed by atoms with Gasteiger partial charge in [0.25, 0.3) is 0 Å². The first kappa shape index (κ1) is 11.4. The average molecular weight is 254 g/mol. The summed E-state index contributed by atoms with van der Waals surface area (Å²) < 4.78 is 0. The van der Waals surface area contributed by atoms with Crippen molar-refractivity contribution in [2.24, 2.45) is 5.73 Å². The molecule has 0 radical (unpaired) electrons. The summed E-state index contributed by atoms with van der Waals surface area (Å²) in [5.74, 6) is 0. The van der Waals surface area contributed by atoms with Crippen molar-refractivity contribution >= 4 is 22.2 Å². The topological polar surface area (TPSA) is 38.9 Å². The molecule has 0 aliphatic rings. The molecule has 0 amide bonds. The fourth-order valence-corrected chi connectivity index (χ4v) is 3.02. The maximum atomic E-state index is 6.41. The zero-order chi connectivity index (χ0) is 12.5. The van der Waals surface area contributed by atoms with E-state index in [0.29, 0.717) is 0 Å². The second kappa shape index (κ2) is 4.52. The Hall–Kier alpha value is -1.71. The Morgan fingerprint density at radius 1 is 1.11 bits per heavy atom. The van der Waals surface area contributed by atoms with E-state index in [4.69, 9.17) is 5.73 Å². The average Bonchev–Trinajstić information content (AvgIpc) is 2.83. The van der Waals surface area contributed by atoms with Crippen LogP contribution in [0.2, 0.25) is 0 Å². The molecule has 3 rings (SSSR count). The van der Waals surface area contributed by atoms with Crippen LogP contribution in [0.1, 0.15) is 22.0 Å². The highest BCUT2D eigenvalue weighted by atomic mass is 32.1. The highest BCUT2D eigenvalue weighted by Crippen LogP contribution is 2.29. The summed E-state index contributed by atoms with van der Waals surface area (Å²) in [4.78, 5) is 5.66. The first-order valence-electron chi connectivity index (χ1n) is 5.90. The van der Waals surface area contributed by atoms with E-state index in [1.807, 2.05) is 30.5 Å². The van der Waals surface area contributed by atoms with E-state index in [9.17, 15) is 0 Å². The van der Waals surface area contributed by atoms with E-state index in [2.05, 4.69) is 29.4 Å². The van der Waals surface area contributed by atoms with Crippen LogP contribution < -0.4 is 5.73 Å². The number of nitrogens with zero attached hydrogens (tertiary/aromatic N) is 1. The van der Waals surface area contributed by atoms with E-state index < -0.39 is 0 Å². The number of pyridine rings is 1. The van der Waals surface area contributed by atoms with Gasteiger partial charge in [0.2, 0.25) is 0 Å². The van der Waals surface area contributed by atoms with Crippen LogP contribution in [0, 0.1) is 6.92 Å². The Morgan fingerprint density at radius 2 is 1.94 bits per heavy atom. The third-order valence-corrected chi connectivity index (χ3v) is 4.11. The van der Waals surface area contributed by atoms with Gasteiger partial charge in [-0.1, -0.05) is 18.2 Å².